The van der Waals surface area contributed by atoms with Gasteiger partial charge in [0.1, 0.15) is 5.01 Å². The molecule has 4 N–H and O–H groups in total. The second kappa shape index (κ2) is 5.50. The number of carbonyl (C=O) groups excluding carboxylic acids is 1. The van der Waals surface area contributed by atoms with E-state index in [9.17, 15) is 4.79 Å². The molecule has 6 heteroatoms. The molecule has 0 saturated carbocycles. The van der Waals surface area contributed by atoms with Crippen LogP contribution in [0.1, 0.15) is 18.0 Å². The largest absolute Gasteiger partial charge is 0.376 e. The summed E-state index contributed by atoms with van der Waals surface area (Å²) >= 11 is 1.61. The molecule has 2 aromatic rings. The topological polar surface area (TPSA) is 80.0 Å². The number of hydrogen-bond donors (Lipinski definition) is 3. The molecule has 2 rings (SSSR count). The number of nitrogens with one attached hydrogen (secondary N) is 2. The van der Waals surface area contributed by atoms with Gasteiger partial charge in [0.15, 0.2) is 0 Å². The van der Waals surface area contributed by atoms with Crippen LogP contribution in [0.25, 0.3) is 0 Å². The van der Waals surface area contributed by atoms with Crippen molar-refractivity contribution in [1.82, 2.24) is 4.98 Å². The summed E-state index contributed by atoms with van der Waals surface area (Å²) in [5, 5.41) is 8.83. The Morgan fingerprint density at radius 2 is 2.00 bits per heavy atom. The maximum atomic E-state index is 10.7. The number of urea groups is 1. The zero-order valence-electron chi connectivity index (χ0n) is 9.88. The number of benzene rings is 1. The van der Waals surface area contributed by atoms with Crippen LogP contribution in [-0.4, -0.2) is 11.0 Å². The average molecular weight is 262 g/mol. The summed E-state index contributed by atoms with van der Waals surface area (Å²) in [6, 6.07) is 6.94. The van der Waals surface area contributed by atoms with Gasteiger partial charge in [-0.1, -0.05) is 0 Å². The van der Waals surface area contributed by atoms with Crippen molar-refractivity contribution < 1.29 is 4.79 Å². The lowest BCUT2D eigenvalue weighted by Gasteiger charge is -2.13. The Morgan fingerprint density at radius 1 is 1.33 bits per heavy atom. The van der Waals surface area contributed by atoms with Crippen LogP contribution in [0.3, 0.4) is 0 Å². The molecule has 1 aromatic heterocycles. The van der Waals surface area contributed by atoms with Gasteiger partial charge in [-0.05, 0) is 31.2 Å². The highest BCUT2D eigenvalue weighted by Gasteiger charge is 2.07. The first-order valence-electron chi connectivity index (χ1n) is 5.47. The van der Waals surface area contributed by atoms with E-state index in [4.69, 9.17) is 5.73 Å². The third-order valence-corrected chi connectivity index (χ3v) is 3.32. The summed E-state index contributed by atoms with van der Waals surface area (Å²) in [6.45, 7) is 2.05. The van der Waals surface area contributed by atoms with Crippen molar-refractivity contribution in [3.8, 4) is 0 Å². The minimum atomic E-state index is -0.563. The Morgan fingerprint density at radius 3 is 2.56 bits per heavy atom. The van der Waals surface area contributed by atoms with Gasteiger partial charge >= 0.3 is 6.03 Å². The van der Waals surface area contributed by atoms with Crippen LogP contribution in [0.15, 0.2) is 35.8 Å². The van der Waals surface area contributed by atoms with Gasteiger partial charge in [0.2, 0.25) is 0 Å². The quantitative estimate of drug-likeness (QED) is 0.792. The summed E-state index contributed by atoms with van der Waals surface area (Å²) in [5.41, 5.74) is 6.68. The molecule has 94 valence electrons. The maximum Gasteiger partial charge on any atom is 0.316 e. The Labute approximate surface area is 109 Å². The van der Waals surface area contributed by atoms with E-state index in [0.29, 0.717) is 5.69 Å². The maximum absolute atomic E-state index is 10.7. The SMILES string of the molecule is CC(Nc1ccc(NC(N)=O)cc1)c1nccs1. The van der Waals surface area contributed by atoms with Crippen LogP contribution in [0, 0.1) is 0 Å². The summed E-state index contributed by atoms with van der Waals surface area (Å²) in [5.74, 6) is 0. The number of rotatable bonds is 4. The molecule has 0 saturated heterocycles. The van der Waals surface area contributed by atoms with Crippen LogP contribution in [0.5, 0.6) is 0 Å². The Hall–Kier alpha value is -2.08. The first-order chi connectivity index (χ1) is 8.65. The summed E-state index contributed by atoms with van der Waals surface area (Å²) in [6.07, 6.45) is 1.79. The molecule has 0 fully saturated rings. The van der Waals surface area contributed by atoms with Crippen molar-refractivity contribution in [1.29, 1.82) is 0 Å². The molecule has 5 nitrogen and oxygen atoms in total. The number of nitrogens with two attached hydrogens (primary N) is 1. The smallest absolute Gasteiger partial charge is 0.316 e. The van der Waals surface area contributed by atoms with Gasteiger partial charge in [0.25, 0.3) is 0 Å². The zero-order chi connectivity index (χ0) is 13.0. The molecule has 0 aliphatic rings. The van der Waals surface area contributed by atoms with E-state index >= 15 is 0 Å². The molecule has 2 amide bonds. The number of carbonyl (C=O) groups is 1. The minimum Gasteiger partial charge on any atom is -0.376 e. The minimum absolute atomic E-state index is 0.153. The molecule has 0 radical (unpaired) electrons. The number of primary amides is 1. The third-order valence-electron chi connectivity index (χ3n) is 2.36. The predicted octanol–water partition coefficient (Wildman–Crippen LogP) is 2.81. The standard InChI is InChI=1S/C12H14N4OS/c1-8(11-14-6-7-18-11)15-9-2-4-10(5-3-9)16-12(13)17/h2-8,15H,1H3,(H3,13,16,17). The lowest BCUT2D eigenvalue weighted by molar-refractivity contribution is 0.259. The van der Waals surface area contributed by atoms with Crippen LogP contribution < -0.4 is 16.4 Å². The average Bonchev–Trinajstić information content (AvgIpc) is 2.84. The van der Waals surface area contributed by atoms with Crippen molar-refractivity contribution in [2.24, 2.45) is 5.73 Å². The summed E-state index contributed by atoms with van der Waals surface area (Å²) < 4.78 is 0. The number of thiazole rings is 1. The normalized spacial score (nSPS) is 11.8. The lowest BCUT2D eigenvalue weighted by Crippen LogP contribution is -2.19. The van der Waals surface area contributed by atoms with Crippen molar-refractivity contribution in [3.05, 3.63) is 40.8 Å². The van der Waals surface area contributed by atoms with Gasteiger partial charge in [0, 0.05) is 23.0 Å². The van der Waals surface area contributed by atoms with E-state index in [2.05, 4.69) is 22.5 Å². The van der Waals surface area contributed by atoms with Gasteiger partial charge in [-0.2, -0.15) is 0 Å². The van der Waals surface area contributed by atoms with Crippen molar-refractivity contribution in [3.63, 3.8) is 0 Å². The molecule has 1 atom stereocenters. The molecule has 0 bridgehead atoms. The number of nitrogens with zero attached hydrogens (tertiary/aromatic N) is 1. The van der Waals surface area contributed by atoms with Gasteiger partial charge in [-0.25, -0.2) is 9.78 Å². The van der Waals surface area contributed by atoms with Crippen LogP contribution in [0.2, 0.25) is 0 Å². The third kappa shape index (κ3) is 3.21. The molecule has 1 unspecified atom stereocenters. The molecular formula is C12H14N4OS. The molecule has 18 heavy (non-hydrogen) atoms. The Kier molecular flexibility index (Phi) is 3.78. The van der Waals surface area contributed by atoms with Gasteiger partial charge in [0.05, 0.1) is 6.04 Å². The highest BCUT2D eigenvalue weighted by molar-refractivity contribution is 7.09. The van der Waals surface area contributed by atoms with Crippen LogP contribution in [0.4, 0.5) is 16.2 Å². The Balaban J connectivity index is 2.00. The van der Waals surface area contributed by atoms with Crippen molar-refractivity contribution >= 4 is 28.7 Å². The first kappa shape index (κ1) is 12.4. The molecule has 1 heterocycles. The lowest BCUT2D eigenvalue weighted by atomic mass is 10.2. The van der Waals surface area contributed by atoms with E-state index in [1.54, 1.807) is 29.7 Å². The van der Waals surface area contributed by atoms with Gasteiger partial charge < -0.3 is 16.4 Å². The van der Waals surface area contributed by atoms with Gasteiger partial charge in [-0.3, -0.25) is 0 Å². The number of amides is 2. The molecule has 1 aromatic carbocycles. The second-order valence-electron chi connectivity index (χ2n) is 3.80. The monoisotopic (exact) mass is 262 g/mol. The summed E-state index contributed by atoms with van der Waals surface area (Å²) in [4.78, 5) is 14.9. The van der Waals surface area contributed by atoms with Crippen molar-refractivity contribution in [2.75, 3.05) is 10.6 Å². The number of hydrogen-bond acceptors (Lipinski definition) is 4. The van der Waals surface area contributed by atoms with E-state index in [1.165, 1.54) is 0 Å². The fourth-order valence-corrected chi connectivity index (χ4v) is 2.20. The molecule has 0 aliphatic carbocycles. The van der Waals surface area contributed by atoms with Gasteiger partial charge in [-0.15, -0.1) is 11.3 Å². The second-order valence-corrected chi connectivity index (χ2v) is 4.73. The fourth-order valence-electron chi connectivity index (χ4n) is 1.55. The van der Waals surface area contributed by atoms with Crippen molar-refractivity contribution in [2.45, 2.75) is 13.0 Å². The van der Waals surface area contributed by atoms with E-state index in [1.807, 2.05) is 17.5 Å². The van der Waals surface area contributed by atoms with E-state index < -0.39 is 6.03 Å². The zero-order valence-corrected chi connectivity index (χ0v) is 10.7. The fraction of sp³-hybridized carbons (Fsp3) is 0.167. The first-order valence-corrected chi connectivity index (χ1v) is 6.35. The highest BCUT2D eigenvalue weighted by atomic mass is 32.1. The number of anilines is 2. The van der Waals surface area contributed by atoms with E-state index in [0.717, 1.165) is 10.7 Å². The summed E-state index contributed by atoms with van der Waals surface area (Å²) in [7, 11) is 0. The van der Waals surface area contributed by atoms with Crippen LogP contribution in [-0.2, 0) is 0 Å². The molecular weight excluding hydrogens is 248 g/mol. The molecule has 0 spiro atoms. The van der Waals surface area contributed by atoms with E-state index in [-0.39, 0.29) is 6.04 Å². The number of aromatic nitrogens is 1. The highest BCUT2D eigenvalue weighted by Crippen LogP contribution is 2.21. The Bertz CT molecular complexity index is 509. The molecule has 0 aliphatic heterocycles. The predicted molar refractivity (Wildman–Crippen MR) is 73.8 cm³/mol. The van der Waals surface area contributed by atoms with Crippen LogP contribution >= 0.6 is 11.3 Å².